The summed E-state index contributed by atoms with van der Waals surface area (Å²) in [6, 6.07) is -3.37. The van der Waals surface area contributed by atoms with Gasteiger partial charge in [0.05, 0.1) is 6.54 Å². The molecule has 0 aliphatic heterocycles. The van der Waals surface area contributed by atoms with Crippen LogP contribution in [0.15, 0.2) is 12.2 Å². The van der Waals surface area contributed by atoms with Crippen LogP contribution in [0.1, 0.15) is 105 Å². The molecule has 3 unspecified atom stereocenters. The average Bonchev–Trinajstić information content (AvgIpc) is 2.75. The molecule has 0 heterocycles. The highest BCUT2D eigenvalue weighted by Gasteiger charge is 2.52. The highest BCUT2D eigenvalue weighted by Crippen LogP contribution is 2.27. The Morgan fingerprint density at radius 2 is 0.969 bits per heavy atom. The van der Waals surface area contributed by atoms with E-state index in [9.17, 15) is 29.7 Å². The van der Waals surface area contributed by atoms with Crippen molar-refractivity contribution in [3.63, 3.8) is 0 Å². The second kappa shape index (κ2) is 16.7. The second-order valence-electron chi connectivity index (χ2n) is 8.99. The maximum absolute atomic E-state index is 11.7. The van der Waals surface area contributed by atoms with Crippen LogP contribution < -0.4 is 0 Å². The van der Waals surface area contributed by atoms with Gasteiger partial charge in [-0.05, 0) is 59.3 Å². The topological polar surface area (TPSA) is 112 Å². The zero-order valence-corrected chi connectivity index (χ0v) is 20.6. The Bertz CT molecular complexity index is 539. The van der Waals surface area contributed by atoms with Gasteiger partial charge in [-0.3, -0.25) is 4.48 Å². The Kier molecular flexibility index (Phi) is 15.7. The Balaban J connectivity index is 4.53. The molecule has 32 heavy (non-hydrogen) atoms. The second-order valence-corrected chi connectivity index (χ2v) is 8.99. The third-order valence-electron chi connectivity index (χ3n) is 6.79. The average molecular weight is 457 g/mol. The lowest BCUT2D eigenvalue weighted by Gasteiger charge is -2.47. The van der Waals surface area contributed by atoms with Gasteiger partial charge in [-0.15, -0.1) is 0 Å². The highest BCUT2D eigenvalue weighted by molar-refractivity contribution is 5.77. The van der Waals surface area contributed by atoms with E-state index < -0.39 is 40.5 Å². The molecule has 7 nitrogen and oxygen atoms in total. The normalized spacial score (nSPS) is 16.4. The van der Waals surface area contributed by atoms with E-state index in [1.807, 2.05) is 0 Å². The van der Waals surface area contributed by atoms with Crippen molar-refractivity contribution >= 4 is 17.9 Å². The molecule has 3 atom stereocenters. The molecule has 0 saturated carbocycles. The first kappa shape index (κ1) is 30.1. The van der Waals surface area contributed by atoms with Crippen molar-refractivity contribution in [2.24, 2.45) is 0 Å². The number of hydrogen-bond donors (Lipinski definition) is 3. The molecule has 0 aromatic rings. The van der Waals surface area contributed by atoms with Gasteiger partial charge < -0.3 is 15.3 Å². The van der Waals surface area contributed by atoms with Crippen molar-refractivity contribution in [1.29, 1.82) is 0 Å². The molecule has 3 N–H and O–H groups in total. The number of hydrogen-bond acceptors (Lipinski definition) is 3. The molecule has 0 aromatic heterocycles. The molecule has 0 aromatic carbocycles. The van der Waals surface area contributed by atoms with Crippen LogP contribution in [-0.2, 0) is 14.4 Å². The molecule has 0 bridgehead atoms. The third kappa shape index (κ3) is 10.2. The fourth-order valence-corrected chi connectivity index (χ4v) is 4.48. The first-order valence-electron chi connectivity index (χ1n) is 12.3. The maximum atomic E-state index is 11.7. The van der Waals surface area contributed by atoms with Crippen LogP contribution in [-0.4, -0.2) is 62.4 Å². The molecule has 0 amide bonds. The highest BCUT2D eigenvalue weighted by atomic mass is 16.4. The summed E-state index contributed by atoms with van der Waals surface area (Å²) in [5.74, 6) is -3.53. The smallest absolute Gasteiger partial charge is 0.362 e. The van der Waals surface area contributed by atoms with Gasteiger partial charge in [0.2, 0.25) is 0 Å². The summed E-state index contributed by atoms with van der Waals surface area (Å²) in [5, 5.41) is 28.8. The van der Waals surface area contributed by atoms with Gasteiger partial charge in [0.25, 0.3) is 0 Å². The quantitative estimate of drug-likeness (QED) is 0.127. The van der Waals surface area contributed by atoms with Gasteiger partial charge in [0.15, 0.2) is 18.1 Å². The largest absolute Gasteiger partial charge is 0.477 e. The predicted octanol–water partition coefficient (Wildman–Crippen LogP) is 5.48. The van der Waals surface area contributed by atoms with Crippen LogP contribution >= 0.6 is 0 Å². The van der Waals surface area contributed by atoms with Crippen molar-refractivity contribution in [2.45, 2.75) is 123 Å². The number of allylic oxidation sites excluding steroid dienone is 2. The number of unbranched alkanes of at least 4 members (excludes halogenated alkanes) is 10. The molecule has 0 aliphatic carbocycles. The van der Waals surface area contributed by atoms with Gasteiger partial charge in [-0.2, -0.15) is 0 Å². The minimum atomic E-state index is -1.18. The van der Waals surface area contributed by atoms with E-state index in [-0.39, 0.29) is 6.54 Å². The summed E-state index contributed by atoms with van der Waals surface area (Å²) < 4.78 is -0.482. The molecule has 0 fully saturated rings. The lowest BCUT2D eigenvalue weighted by Crippen LogP contribution is -2.70. The van der Waals surface area contributed by atoms with E-state index >= 15 is 0 Å². The summed E-state index contributed by atoms with van der Waals surface area (Å²) in [7, 11) is 0. The van der Waals surface area contributed by atoms with E-state index in [0.717, 1.165) is 32.1 Å². The number of aliphatic carboxylic acids is 3. The Morgan fingerprint density at radius 3 is 1.34 bits per heavy atom. The Hall–Kier alpha value is -1.89. The summed E-state index contributed by atoms with van der Waals surface area (Å²) >= 11 is 0. The minimum absolute atomic E-state index is 0.219. The van der Waals surface area contributed by atoms with Crippen molar-refractivity contribution in [3.05, 3.63) is 12.2 Å². The first-order valence-corrected chi connectivity index (χ1v) is 12.3. The van der Waals surface area contributed by atoms with E-state index in [2.05, 4.69) is 19.1 Å². The van der Waals surface area contributed by atoms with E-state index in [1.165, 1.54) is 59.3 Å². The van der Waals surface area contributed by atoms with Gasteiger partial charge in [-0.1, -0.05) is 57.6 Å². The maximum Gasteiger partial charge on any atom is 0.362 e. The molecule has 0 rings (SSSR count). The van der Waals surface area contributed by atoms with E-state index in [1.54, 1.807) is 0 Å². The minimum Gasteiger partial charge on any atom is -0.477 e. The van der Waals surface area contributed by atoms with E-state index in [4.69, 9.17) is 0 Å². The molecule has 186 valence electrons. The van der Waals surface area contributed by atoms with E-state index in [0.29, 0.717) is 6.42 Å². The zero-order chi connectivity index (χ0) is 24.6. The van der Waals surface area contributed by atoms with Crippen LogP contribution in [0.25, 0.3) is 0 Å². The number of carbonyl (C=O) groups is 3. The number of rotatable bonds is 20. The Labute approximate surface area is 194 Å². The van der Waals surface area contributed by atoms with Crippen molar-refractivity contribution in [1.82, 2.24) is 0 Å². The molecular weight excluding hydrogens is 410 g/mol. The van der Waals surface area contributed by atoms with Crippen molar-refractivity contribution < 1.29 is 34.2 Å². The molecule has 7 heteroatoms. The van der Waals surface area contributed by atoms with Crippen molar-refractivity contribution in [3.8, 4) is 0 Å². The molecule has 0 saturated heterocycles. The number of nitrogens with zero attached hydrogens (tertiary/aromatic N) is 1. The third-order valence-corrected chi connectivity index (χ3v) is 6.79. The zero-order valence-electron chi connectivity index (χ0n) is 20.6. The summed E-state index contributed by atoms with van der Waals surface area (Å²) in [5.41, 5.74) is 0. The molecular formula is C25H46NO6+. The van der Waals surface area contributed by atoms with Crippen LogP contribution in [0.5, 0.6) is 0 Å². The SMILES string of the molecule is CCCCC/C=C/CCCCCCCCC[N+](C(C)C(=O)O)(C(C)C(=O)O)C(C)C(=O)O. The fourth-order valence-electron chi connectivity index (χ4n) is 4.48. The lowest BCUT2D eigenvalue weighted by atomic mass is 10.00. The molecule has 0 spiro atoms. The number of carboxylic acid groups (broad SMARTS) is 3. The standard InChI is InChI=1S/C25H45NO6/c1-5-6-7-8-9-10-11-12-13-14-15-16-17-18-19-26(20(2)23(27)28,21(3)24(29)30)22(4)25(31)32/h9-10,20-22H,5-8,11-19H2,1-4H3,(H2-,27,28,29,30,31,32)/p+1/b10-9+. The van der Waals surface area contributed by atoms with Gasteiger partial charge in [0, 0.05) is 0 Å². The summed E-state index contributed by atoms with van der Waals surface area (Å²) in [4.78, 5) is 35.2. The lowest BCUT2D eigenvalue weighted by molar-refractivity contribution is -0.968. The van der Waals surface area contributed by atoms with Crippen LogP contribution in [0.4, 0.5) is 0 Å². The molecule has 0 aliphatic rings. The molecule has 0 radical (unpaired) electrons. The van der Waals surface area contributed by atoms with Crippen LogP contribution in [0, 0.1) is 0 Å². The Morgan fingerprint density at radius 1 is 0.625 bits per heavy atom. The van der Waals surface area contributed by atoms with Gasteiger partial charge >= 0.3 is 17.9 Å². The van der Waals surface area contributed by atoms with Crippen molar-refractivity contribution in [2.75, 3.05) is 6.54 Å². The summed E-state index contributed by atoms with van der Waals surface area (Å²) in [6.07, 6.45) is 17.7. The monoisotopic (exact) mass is 456 g/mol. The first-order chi connectivity index (χ1) is 15.1. The number of carboxylic acids is 3. The van der Waals surface area contributed by atoms with Gasteiger partial charge in [0.1, 0.15) is 0 Å². The van der Waals surface area contributed by atoms with Crippen LogP contribution in [0.2, 0.25) is 0 Å². The number of quaternary nitrogens is 1. The summed E-state index contributed by atoms with van der Waals surface area (Å²) in [6.45, 7) is 6.68. The van der Waals surface area contributed by atoms with Crippen LogP contribution in [0.3, 0.4) is 0 Å². The van der Waals surface area contributed by atoms with Gasteiger partial charge in [-0.25, -0.2) is 14.4 Å². The predicted molar refractivity (Wildman–Crippen MR) is 127 cm³/mol. The fraction of sp³-hybridized carbons (Fsp3) is 0.800.